The number of nitrogens with zero attached hydrogens (tertiary/aromatic N) is 3. The van der Waals surface area contributed by atoms with E-state index in [9.17, 15) is 9.59 Å². The molecule has 0 bridgehead atoms. The zero-order valence-corrected chi connectivity index (χ0v) is 18.6. The molecule has 1 aliphatic heterocycles. The zero-order chi connectivity index (χ0) is 19.8. The summed E-state index contributed by atoms with van der Waals surface area (Å²) in [6, 6.07) is 0. The molecular formula is C21H29N3O2S2. The predicted molar refractivity (Wildman–Crippen MR) is 116 cm³/mol. The van der Waals surface area contributed by atoms with Crippen LogP contribution in [0.3, 0.4) is 0 Å². The quantitative estimate of drug-likeness (QED) is 0.553. The van der Waals surface area contributed by atoms with Crippen LogP contribution in [-0.4, -0.2) is 38.7 Å². The standard InChI is InChI=1S/C21H29N3O2S2/c1-4-24-20(26)17-15-7-5-6-8-16(15)28-18(17)22-21(24)27-14(3)19(25)23-11-9-13(2)10-12-23/h13-14H,4-12H2,1-3H3. The van der Waals surface area contributed by atoms with Gasteiger partial charge in [-0.25, -0.2) is 4.98 Å². The number of thiophene rings is 1. The molecule has 1 aliphatic carbocycles. The van der Waals surface area contributed by atoms with E-state index in [2.05, 4.69) is 6.92 Å². The van der Waals surface area contributed by atoms with Gasteiger partial charge in [0.1, 0.15) is 4.83 Å². The molecule has 0 aromatic carbocycles. The number of fused-ring (bicyclic) bond motifs is 3. The number of carbonyl (C=O) groups is 1. The summed E-state index contributed by atoms with van der Waals surface area (Å²) >= 11 is 3.12. The molecule has 4 rings (SSSR count). The maximum atomic E-state index is 13.2. The van der Waals surface area contributed by atoms with Crippen molar-refractivity contribution >= 4 is 39.2 Å². The summed E-state index contributed by atoms with van der Waals surface area (Å²) < 4.78 is 1.76. The van der Waals surface area contributed by atoms with Crippen molar-refractivity contribution in [3.05, 3.63) is 20.8 Å². The topological polar surface area (TPSA) is 55.2 Å². The first-order valence-electron chi connectivity index (χ1n) is 10.5. The van der Waals surface area contributed by atoms with Gasteiger partial charge in [-0.1, -0.05) is 18.7 Å². The van der Waals surface area contributed by atoms with Crippen molar-refractivity contribution in [1.29, 1.82) is 0 Å². The molecule has 1 fully saturated rings. The van der Waals surface area contributed by atoms with Crippen LogP contribution in [0.1, 0.15) is 56.9 Å². The Balaban J connectivity index is 1.63. The maximum Gasteiger partial charge on any atom is 0.263 e. The first kappa shape index (κ1) is 20.0. The minimum Gasteiger partial charge on any atom is -0.342 e. The Kier molecular flexibility index (Phi) is 5.83. The van der Waals surface area contributed by atoms with E-state index in [1.165, 1.54) is 28.6 Å². The van der Waals surface area contributed by atoms with Gasteiger partial charge in [0.2, 0.25) is 5.91 Å². The number of likely N-dealkylation sites (tertiary alicyclic amines) is 1. The van der Waals surface area contributed by atoms with E-state index in [-0.39, 0.29) is 16.7 Å². The van der Waals surface area contributed by atoms with Crippen LogP contribution in [0, 0.1) is 5.92 Å². The summed E-state index contributed by atoms with van der Waals surface area (Å²) in [5.74, 6) is 0.866. The molecule has 0 radical (unpaired) electrons. The summed E-state index contributed by atoms with van der Waals surface area (Å²) in [6.07, 6.45) is 6.56. The third-order valence-electron chi connectivity index (χ3n) is 6.08. The fourth-order valence-corrected chi connectivity index (χ4v) is 6.64. The molecule has 2 aromatic heterocycles. The fraction of sp³-hybridized carbons (Fsp3) is 0.667. The Hall–Kier alpha value is -1.34. The highest BCUT2D eigenvalue weighted by Gasteiger charge is 2.27. The molecule has 1 saturated heterocycles. The van der Waals surface area contributed by atoms with Crippen molar-refractivity contribution in [1.82, 2.24) is 14.5 Å². The van der Waals surface area contributed by atoms with E-state index >= 15 is 0 Å². The Morgan fingerprint density at radius 1 is 1.29 bits per heavy atom. The van der Waals surface area contributed by atoms with Crippen molar-refractivity contribution in [2.75, 3.05) is 13.1 Å². The number of aryl methyl sites for hydroxylation is 2. The lowest BCUT2D eigenvalue weighted by Gasteiger charge is -2.32. The Morgan fingerprint density at radius 3 is 2.71 bits per heavy atom. The van der Waals surface area contributed by atoms with E-state index in [1.807, 2.05) is 18.7 Å². The number of hydrogen-bond donors (Lipinski definition) is 0. The van der Waals surface area contributed by atoms with Gasteiger partial charge in [0.15, 0.2) is 5.16 Å². The second kappa shape index (κ2) is 8.19. The minimum absolute atomic E-state index is 0.0702. The summed E-state index contributed by atoms with van der Waals surface area (Å²) in [6.45, 7) is 8.44. The van der Waals surface area contributed by atoms with Crippen molar-refractivity contribution < 1.29 is 4.79 Å². The number of piperidine rings is 1. The maximum absolute atomic E-state index is 13.2. The molecule has 1 amide bonds. The van der Waals surface area contributed by atoms with Crippen molar-refractivity contribution in [2.45, 2.75) is 76.2 Å². The van der Waals surface area contributed by atoms with Crippen molar-refractivity contribution in [3.8, 4) is 0 Å². The van der Waals surface area contributed by atoms with Gasteiger partial charge in [0.25, 0.3) is 5.56 Å². The molecule has 7 heteroatoms. The van der Waals surface area contributed by atoms with Gasteiger partial charge in [-0.15, -0.1) is 11.3 Å². The average molecular weight is 420 g/mol. The SMILES string of the molecule is CCn1c(SC(C)C(=O)N2CCC(C)CC2)nc2sc3c(c2c1=O)CCCC3. The first-order chi connectivity index (χ1) is 13.5. The van der Waals surface area contributed by atoms with Crippen LogP contribution in [0.4, 0.5) is 0 Å². The van der Waals surface area contributed by atoms with Gasteiger partial charge in [-0.05, 0) is 63.9 Å². The average Bonchev–Trinajstić information content (AvgIpc) is 3.06. The molecule has 2 aromatic rings. The van der Waals surface area contributed by atoms with Gasteiger partial charge in [0.05, 0.1) is 10.6 Å². The summed E-state index contributed by atoms with van der Waals surface area (Å²) in [5, 5.41) is 1.28. The summed E-state index contributed by atoms with van der Waals surface area (Å²) in [4.78, 5) is 35.2. The molecule has 152 valence electrons. The van der Waals surface area contributed by atoms with Crippen LogP contribution < -0.4 is 5.56 Å². The second-order valence-electron chi connectivity index (χ2n) is 8.10. The Morgan fingerprint density at radius 2 is 2.00 bits per heavy atom. The number of aromatic nitrogens is 2. The summed E-state index contributed by atoms with van der Waals surface area (Å²) in [5.41, 5.74) is 1.30. The monoisotopic (exact) mass is 419 g/mol. The van der Waals surface area contributed by atoms with Gasteiger partial charge in [-0.2, -0.15) is 0 Å². The fourth-order valence-electron chi connectivity index (χ4n) is 4.28. The van der Waals surface area contributed by atoms with E-state index in [0.717, 1.165) is 55.4 Å². The largest absolute Gasteiger partial charge is 0.342 e. The molecule has 1 unspecified atom stereocenters. The van der Waals surface area contributed by atoms with Crippen molar-refractivity contribution in [2.24, 2.45) is 5.92 Å². The molecule has 0 saturated carbocycles. The number of thioether (sulfide) groups is 1. The number of hydrogen-bond acceptors (Lipinski definition) is 5. The molecule has 5 nitrogen and oxygen atoms in total. The zero-order valence-electron chi connectivity index (χ0n) is 17.0. The van der Waals surface area contributed by atoms with E-state index in [0.29, 0.717) is 17.6 Å². The lowest BCUT2D eigenvalue weighted by atomic mass is 9.97. The molecule has 3 heterocycles. The van der Waals surface area contributed by atoms with Gasteiger partial charge in [0, 0.05) is 24.5 Å². The lowest BCUT2D eigenvalue weighted by molar-refractivity contribution is -0.131. The van der Waals surface area contributed by atoms with Crippen LogP contribution in [0.25, 0.3) is 10.2 Å². The first-order valence-corrected chi connectivity index (χ1v) is 12.2. The molecule has 1 atom stereocenters. The highest BCUT2D eigenvalue weighted by Crippen LogP contribution is 2.35. The smallest absolute Gasteiger partial charge is 0.263 e. The predicted octanol–water partition coefficient (Wildman–Crippen LogP) is 4.10. The highest BCUT2D eigenvalue weighted by molar-refractivity contribution is 8.00. The van der Waals surface area contributed by atoms with Gasteiger partial charge >= 0.3 is 0 Å². The molecular weight excluding hydrogens is 390 g/mol. The van der Waals surface area contributed by atoms with Crippen LogP contribution in [0.2, 0.25) is 0 Å². The van der Waals surface area contributed by atoms with Crippen molar-refractivity contribution in [3.63, 3.8) is 0 Å². The molecule has 2 aliphatic rings. The molecule has 0 N–H and O–H groups in total. The highest BCUT2D eigenvalue weighted by atomic mass is 32.2. The lowest BCUT2D eigenvalue weighted by Crippen LogP contribution is -2.42. The Labute approximate surface area is 174 Å². The van der Waals surface area contributed by atoms with Crippen LogP contribution in [0.5, 0.6) is 0 Å². The van der Waals surface area contributed by atoms with Crippen LogP contribution in [-0.2, 0) is 24.2 Å². The van der Waals surface area contributed by atoms with Gasteiger partial charge < -0.3 is 4.90 Å². The summed E-state index contributed by atoms with van der Waals surface area (Å²) in [7, 11) is 0. The normalized spacial score (nSPS) is 19.0. The Bertz CT molecular complexity index is 941. The number of amides is 1. The van der Waals surface area contributed by atoms with Crippen LogP contribution in [0.15, 0.2) is 9.95 Å². The van der Waals surface area contributed by atoms with Gasteiger partial charge in [-0.3, -0.25) is 14.2 Å². The van der Waals surface area contributed by atoms with E-state index in [1.54, 1.807) is 15.9 Å². The third kappa shape index (κ3) is 3.63. The van der Waals surface area contributed by atoms with E-state index < -0.39 is 0 Å². The number of carbonyl (C=O) groups excluding carboxylic acids is 1. The molecule has 28 heavy (non-hydrogen) atoms. The van der Waals surface area contributed by atoms with Crippen LogP contribution >= 0.6 is 23.1 Å². The molecule has 0 spiro atoms. The van der Waals surface area contributed by atoms with E-state index in [4.69, 9.17) is 4.98 Å². The number of rotatable bonds is 4. The minimum atomic E-state index is -0.231. The third-order valence-corrected chi connectivity index (χ3v) is 8.34. The second-order valence-corrected chi connectivity index (χ2v) is 10.5.